The largest absolute Gasteiger partial charge is 0.447 e. The molecule has 0 aliphatic carbocycles. The predicted octanol–water partition coefficient (Wildman–Crippen LogP) is 3.35. The van der Waals surface area contributed by atoms with Gasteiger partial charge in [0, 0.05) is 11.6 Å². The van der Waals surface area contributed by atoms with E-state index in [2.05, 4.69) is 5.10 Å². The van der Waals surface area contributed by atoms with E-state index in [1.54, 1.807) is 23.3 Å². The molecule has 0 bridgehead atoms. The van der Waals surface area contributed by atoms with Crippen LogP contribution in [-0.4, -0.2) is 28.8 Å². The van der Waals surface area contributed by atoms with Crippen molar-refractivity contribution in [2.24, 2.45) is 0 Å². The van der Waals surface area contributed by atoms with Gasteiger partial charge in [0.1, 0.15) is 10.6 Å². The summed E-state index contributed by atoms with van der Waals surface area (Å²) >= 11 is 0. The molecule has 3 aromatic rings. The molecule has 150 valence electrons. The lowest BCUT2D eigenvalue weighted by atomic mass is 10.1. The summed E-state index contributed by atoms with van der Waals surface area (Å²) in [5.74, 6) is -1.36. The highest BCUT2D eigenvalue weighted by Crippen LogP contribution is 2.38. The molecule has 1 atom stereocenters. The number of ether oxygens (including phenoxy) is 1. The van der Waals surface area contributed by atoms with E-state index in [4.69, 9.17) is 4.74 Å². The fourth-order valence-electron chi connectivity index (χ4n) is 2.93. The number of amides is 1. The molecule has 1 N–H and O–H groups in total. The fourth-order valence-corrected chi connectivity index (χ4v) is 4.56. The SMILES string of the molecule is O=C1c2ccccc2S(=O)(=O)N1C(Oc1cc(C(F)(F)F)[nH]n1)c1ccccc1. The summed E-state index contributed by atoms with van der Waals surface area (Å²) in [4.78, 5) is 12.6. The highest BCUT2D eigenvalue weighted by Gasteiger charge is 2.47. The minimum absolute atomic E-state index is 0.0463. The second-order valence-electron chi connectivity index (χ2n) is 6.10. The lowest BCUT2D eigenvalue weighted by Crippen LogP contribution is -2.37. The first-order valence-corrected chi connectivity index (χ1v) is 9.65. The highest BCUT2D eigenvalue weighted by atomic mass is 32.2. The summed E-state index contributed by atoms with van der Waals surface area (Å²) in [5, 5.41) is 5.23. The van der Waals surface area contributed by atoms with Crippen LogP contribution in [0.25, 0.3) is 0 Å². The van der Waals surface area contributed by atoms with Gasteiger partial charge in [-0.3, -0.25) is 9.89 Å². The van der Waals surface area contributed by atoms with Crippen LogP contribution in [0.3, 0.4) is 0 Å². The Morgan fingerprint density at radius 2 is 1.69 bits per heavy atom. The van der Waals surface area contributed by atoms with E-state index >= 15 is 0 Å². The van der Waals surface area contributed by atoms with Crippen molar-refractivity contribution in [3.8, 4) is 5.88 Å². The summed E-state index contributed by atoms with van der Waals surface area (Å²) in [6, 6.07) is 14.0. The normalized spacial score (nSPS) is 16.5. The van der Waals surface area contributed by atoms with E-state index in [9.17, 15) is 26.4 Å². The number of nitrogens with zero attached hydrogens (tertiary/aromatic N) is 2. The van der Waals surface area contributed by atoms with Gasteiger partial charge in [-0.1, -0.05) is 42.5 Å². The first kappa shape index (κ1) is 19.0. The number of aromatic amines is 1. The third-order valence-corrected chi connectivity index (χ3v) is 6.03. The first-order chi connectivity index (χ1) is 13.7. The number of carbonyl (C=O) groups is 1. The van der Waals surface area contributed by atoms with Crippen molar-refractivity contribution in [1.82, 2.24) is 14.5 Å². The molecule has 0 fully saturated rings. The van der Waals surface area contributed by atoms with Gasteiger partial charge >= 0.3 is 6.18 Å². The minimum atomic E-state index is -4.69. The molecule has 2 heterocycles. The molecule has 7 nitrogen and oxygen atoms in total. The molecule has 1 amide bonds. The topological polar surface area (TPSA) is 92.4 Å². The molecule has 2 aromatic carbocycles. The van der Waals surface area contributed by atoms with Crippen LogP contribution in [0.4, 0.5) is 13.2 Å². The number of benzene rings is 2. The molecule has 1 aromatic heterocycles. The molecule has 1 aliphatic rings. The van der Waals surface area contributed by atoms with Gasteiger partial charge in [-0.05, 0) is 12.1 Å². The van der Waals surface area contributed by atoms with E-state index in [1.807, 2.05) is 0 Å². The second kappa shape index (κ2) is 6.62. The third-order valence-electron chi connectivity index (χ3n) is 4.24. The first-order valence-electron chi connectivity index (χ1n) is 8.21. The van der Waals surface area contributed by atoms with Crippen molar-refractivity contribution in [2.45, 2.75) is 17.3 Å². The highest BCUT2D eigenvalue weighted by molar-refractivity contribution is 7.90. The number of nitrogens with one attached hydrogen (secondary N) is 1. The van der Waals surface area contributed by atoms with Crippen molar-refractivity contribution in [2.75, 3.05) is 0 Å². The van der Waals surface area contributed by atoms with Crippen molar-refractivity contribution in [3.63, 3.8) is 0 Å². The van der Waals surface area contributed by atoms with Crippen LogP contribution in [-0.2, 0) is 16.2 Å². The maximum atomic E-state index is 13.0. The Morgan fingerprint density at radius 3 is 2.31 bits per heavy atom. The number of fused-ring (bicyclic) bond motifs is 1. The maximum absolute atomic E-state index is 13.0. The molecule has 0 saturated heterocycles. The fraction of sp³-hybridized carbons (Fsp3) is 0.111. The Hall–Kier alpha value is -3.34. The summed E-state index contributed by atoms with van der Waals surface area (Å²) in [7, 11) is -4.29. The summed E-state index contributed by atoms with van der Waals surface area (Å²) in [6.45, 7) is 0. The minimum Gasteiger partial charge on any atom is -0.447 e. The standard InChI is InChI=1S/C18H12F3N3O4S/c19-18(20,21)14-10-15(23-22-14)28-17(11-6-2-1-3-7-11)24-16(25)12-8-4-5-9-13(12)29(24,26)27/h1-10,17H,(H,22,23). The quantitative estimate of drug-likeness (QED) is 0.695. The van der Waals surface area contributed by atoms with Gasteiger partial charge in [0.05, 0.1) is 5.56 Å². The maximum Gasteiger partial charge on any atom is 0.432 e. The van der Waals surface area contributed by atoms with Gasteiger partial charge in [-0.15, -0.1) is 5.10 Å². The molecule has 29 heavy (non-hydrogen) atoms. The number of sulfonamides is 1. The van der Waals surface area contributed by atoms with Gasteiger partial charge in [-0.25, -0.2) is 8.42 Å². The Morgan fingerprint density at radius 1 is 1.03 bits per heavy atom. The van der Waals surface area contributed by atoms with Crippen molar-refractivity contribution < 1.29 is 31.1 Å². The number of halogens is 3. The van der Waals surface area contributed by atoms with Gasteiger partial charge in [0.25, 0.3) is 15.9 Å². The number of alkyl halides is 3. The van der Waals surface area contributed by atoms with Crippen molar-refractivity contribution in [3.05, 3.63) is 77.5 Å². The molecular weight excluding hydrogens is 411 g/mol. The molecule has 1 aliphatic heterocycles. The Kier molecular flexibility index (Phi) is 4.34. The van der Waals surface area contributed by atoms with Crippen LogP contribution < -0.4 is 4.74 Å². The van der Waals surface area contributed by atoms with Gasteiger partial charge in [0.15, 0.2) is 0 Å². The molecular formula is C18H12F3N3O4S. The molecule has 0 spiro atoms. The number of H-pyrrole nitrogens is 1. The lowest BCUT2D eigenvalue weighted by Gasteiger charge is -2.26. The summed E-state index contributed by atoms with van der Waals surface area (Å²) < 4.78 is 70.5. The zero-order valence-electron chi connectivity index (χ0n) is 14.4. The van der Waals surface area contributed by atoms with Crippen LogP contribution in [0.15, 0.2) is 65.6 Å². The second-order valence-corrected chi connectivity index (χ2v) is 7.88. The zero-order chi connectivity index (χ0) is 20.8. The van der Waals surface area contributed by atoms with Crippen LogP contribution in [0.5, 0.6) is 5.88 Å². The molecule has 0 radical (unpaired) electrons. The molecule has 0 saturated carbocycles. The predicted molar refractivity (Wildman–Crippen MR) is 93.2 cm³/mol. The van der Waals surface area contributed by atoms with Crippen molar-refractivity contribution in [1.29, 1.82) is 0 Å². The zero-order valence-corrected chi connectivity index (χ0v) is 15.2. The Balaban J connectivity index is 1.79. The van der Waals surface area contributed by atoms with Gasteiger partial charge < -0.3 is 4.74 Å². The van der Waals surface area contributed by atoms with Crippen LogP contribution in [0.1, 0.15) is 27.8 Å². The number of hydrogen-bond acceptors (Lipinski definition) is 5. The molecule has 4 rings (SSSR count). The number of hydrogen-bond donors (Lipinski definition) is 1. The van der Waals surface area contributed by atoms with E-state index in [0.717, 1.165) is 0 Å². The number of carbonyl (C=O) groups excluding carboxylic acids is 1. The van der Waals surface area contributed by atoms with E-state index < -0.39 is 39.9 Å². The van der Waals surface area contributed by atoms with Gasteiger partial charge in [0.2, 0.25) is 12.1 Å². The Labute approximate surface area is 162 Å². The lowest BCUT2D eigenvalue weighted by molar-refractivity contribution is -0.141. The van der Waals surface area contributed by atoms with E-state index in [-0.39, 0.29) is 16.0 Å². The van der Waals surface area contributed by atoms with E-state index in [0.29, 0.717) is 10.4 Å². The van der Waals surface area contributed by atoms with Crippen LogP contribution in [0, 0.1) is 0 Å². The summed E-state index contributed by atoms with van der Waals surface area (Å²) in [6.07, 6.45) is -6.24. The Bertz CT molecular complexity index is 1180. The molecule has 11 heteroatoms. The third kappa shape index (κ3) is 3.23. The average Bonchev–Trinajstić information content (AvgIpc) is 3.23. The van der Waals surface area contributed by atoms with Crippen LogP contribution >= 0.6 is 0 Å². The van der Waals surface area contributed by atoms with Crippen molar-refractivity contribution >= 4 is 15.9 Å². The average molecular weight is 423 g/mol. The number of aromatic nitrogens is 2. The molecule has 1 unspecified atom stereocenters. The van der Waals surface area contributed by atoms with Crippen LogP contribution in [0.2, 0.25) is 0 Å². The number of rotatable bonds is 4. The van der Waals surface area contributed by atoms with Gasteiger partial charge in [-0.2, -0.15) is 17.5 Å². The van der Waals surface area contributed by atoms with E-state index in [1.165, 1.54) is 36.4 Å². The summed E-state index contributed by atoms with van der Waals surface area (Å²) in [5.41, 5.74) is -0.970. The smallest absolute Gasteiger partial charge is 0.432 e. The monoisotopic (exact) mass is 423 g/mol.